The molecule has 3 heterocycles. The molecule has 1 aromatic carbocycles. The van der Waals surface area contributed by atoms with E-state index < -0.39 is 0 Å². The zero-order chi connectivity index (χ0) is 19.7. The van der Waals surface area contributed by atoms with Crippen molar-refractivity contribution in [1.29, 1.82) is 0 Å². The second-order valence-corrected chi connectivity index (χ2v) is 8.03. The molecule has 4 rings (SSSR count). The number of hydrogen-bond donors (Lipinski definition) is 0. The van der Waals surface area contributed by atoms with Gasteiger partial charge in [0, 0.05) is 66.3 Å². The first-order valence-corrected chi connectivity index (χ1v) is 9.88. The molecule has 2 aromatic rings. The first-order chi connectivity index (χ1) is 13.5. The highest BCUT2D eigenvalue weighted by atomic mass is 16.5. The van der Waals surface area contributed by atoms with Crippen LogP contribution in [0.3, 0.4) is 0 Å². The quantitative estimate of drug-likeness (QED) is 0.780. The molecule has 2 fully saturated rings. The lowest BCUT2D eigenvalue weighted by Gasteiger charge is -2.37. The summed E-state index contributed by atoms with van der Waals surface area (Å²) in [6, 6.07) is 11.2. The Bertz CT molecular complexity index is 794. The molecule has 0 amide bonds. The minimum Gasteiger partial charge on any atom is -0.378 e. The van der Waals surface area contributed by atoms with Crippen molar-refractivity contribution in [3.63, 3.8) is 0 Å². The van der Waals surface area contributed by atoms with E-state index in [1.54, 1.807) is 0 Å². The third-order valence-electron chi connectivity index (χ3n) is 5.56. The lowest BCUT2D eigenvalue weighted by molar-refractivity contribution is 0.0303. The van der Waals surface area contributed by atoms with Gasteiger partial charge < -0.3 is 19.4 Å². The standard InChI is InChI=1S/C21H30N6O/c1-24(2)17-7-5-16(6-8-17)13-26-14-18-19(15-26)28-12-11-27(18)20-9-10-22-21(23-20)25(3)4/h5-10,18-19H,11-15H2,1-4H3/t18-,19+/m0/s1. The summed E-state index contributed by atoms with van der Waals surface area (Å²) in [5, 5.41) is 0. The number of morpholine rings is 1. The van der Waals surface area contributed by atoms with Gasteiger partial charge in [-0.3, -0.25) is 4.90 Å². The Morgan fingerprint density at radius 3 is 2.54 bits per heavy atom. The number of hydrogen-bond acceptors (Lipinski definition) is 7. The summed E-state index contributed by atoms with van der Waals surface area (Å²) >= 11 is 0. The Balaban J connectivity index is 1.46. The maximum absolute atomic E-state index is 6.11. The van der Waals surface area contributed by atoms with Gasteiger partial charge in [-0.25, -0.2) is 4.98 Å². The predicted octanol–water partition coefficient (Wildman–Crippen LogP) is 1.70. The van der Waals surface area contributed by atoms with Crippen molar-refractivity contribution in [1.82, 2.24) is 14.9 Å². The molecule has 150 valence electrons. The van der Waals surface area contributed by atoms with E-state index in [1.807, 2.05) is 31.3 Å². The monoisotopic (exact) mass is 382 g/mol. The van der Waals surface area contributed by atoms with Gasteiger partial charge in [-0.05, 0) is 23.8 Å². The highest BCUT2D eigenvalue weighted by Gasteiger charge is 2.40. The predicted molar refractivity (Wildman–Crippen MR) is 113 cm³/mol. The highest BCUT2D eigenvalue weighted by Crippen LogP contribution is 2.28. The third-order valence-corrected chi connectivity index (χ3v) is 5.56. The van der Waals surface area contributed by atoms with E-state index in [9.17, 15) is 0 Å². The normalized spacial score (nSPS) is 22.2. The van der Waals surface area contributed by atoms with Gasteiger partial charge in [0.2, 0.25) is 5.95 Å². The van der Waals surface area contributed by atoms with Crippen molar-refractivity contribution in [2.24, 2.45) is 0 Å². The summed E-state index contributed by atoms with van der Waals surface area (Å²) in [7, 11) is 8.09. The lowest BCUT2D eigenvalue weighted by atomic mass is 10.1. The van der Waals surface area contributed by atoms with Crippen LogP contribution in [0, 0.1) is 0 Å². The van der Waals surface area contributed by atoms with Crippen LogP contribution in [0.2, 0.25) is 0 Å². The molecule has 0 radical (unpaired) electrons. The van der Waals surface area contributed by atoms with Gasteiger partial charge in [-0.2, -0.15) is 4.98 Å². The maximum atomic E-state index is 6.11. The molecule has 7 nitrogen and oxygen atoms in total. The van der Waals surface area contributed by atoms with Crippen LogP contribution in [0.5, 0.6) is 0 Å². The molecule has 2 aliphatic heterocycles. The van der Waals surface area contributed by atoms with E-state index >= 15 is 0 Å². The van der Waals surface area contributed by atoms with Gasteiger partial charge in [0.1, 0.15) is 5.82 Å². The Morgan fingerprint density at radius 1 is 1.04 bits per heavy atom. The van der Waals surface area contributed by atoms with Crippen LogP contribution in [-0.4, -0.2) is 81.4 Å². The van der Waals surface area contributed by atoms with Gasteiger partial charge in [-0.15, -0.1) is 0 Å². The van der Waals surface area contributed by atoms with Crippen LogP contribution < -0.4 is 14.7 Å². The van der Waals surface area contributed by atoms with Crippen molar-refractivity contribution in [3.8, 4) is 0 Å². The van der Waals surface area contributed by atoms with Crippen LogP contribution in [0.15, 0.2) is 36.5 Å². The van der Waals surface area contributed by atoms with Crippen LogP contribution in [0.4, 0.5) is 17.5 Å². The molecule has 28 heavy (non-hydrogen) atoms. The highest BCUT2D eigenvalue weighted by molar-refractivity contribution is 5.47. The Kier molecular flexibility index (Phi) is 5.37. The molecule has 0 unspecified atom stereocenters. The van der Waals surface area contributed by atoms with Crippen molar-refractivity contribution < 1.29 is 4.74 Å². The average Bonchev–Trinajstić information content (AvgIpc) is 3.10. The SMILES string of the molecule is CN(C)c1ccc(CN2C[C@H]3OCCN(c4ccnc(N(C)C)n4)[C@H]3C2)cc1. The van der Waals surface area contributed by atoms with Crippen LogP contribution in [0.25, 0.3) is 0 Å². The summed E-state index contributed by atoms with van der Waals surface area (Å²) in [4.78, 5) is 18.1. The molecule has 0 bridgehead atoms. The molecule has 2 atom stereocenters. The van der Waals surface area contributed by atoms with E-state index in [1.165, 1.54) is 11.3 Å². The summed E-state index contributed by atoms with van der Waals surface area (Å²) in [5.41, 5.74) is 2.57. The number of likely N-dealkylation sites (tertiary alicyclic amines) is 1. The molecular formula is C21H30N6O. The largest absolute Gasteiger partial charge is 0.378 e. The fourth-order valence-electron chi connectivity index (χ4n) is 4.05. The maximum Gasteiger partial charge on any atom is 0.226 e. The first kappa shape index (κ1) is 19.0. The lowest BCUT2D eigenvalue weighted by Crippen LogP contribution is -2.51. The summed E-state index contributed by atoms with van der Waals surface area (Å²) in [5.74, 6) is 1.74. The van der Waals surface area contributed by atoms with E-state index in [0.29, 0.717) is 6.04 Å². The summed E-state index contributed by atoms with van der Waals surface area (Å²) in [6.07, 6.45) is 2.08. The molecule has 2 aliphatic rings. The van der Waals surface area contributed by atoms with E-state index in [-0.39, 0.29) is 6.10 Å². The van der Waals surface area contributed by atoms with Gasteiger partial charge in [-0.1, -0.05) is 12.1 Å². The topological polar surface area (TPSA) is 48.0 Å². The Labute approximate surface area is 167 Å². The van der Waals surface area contributed by atoms with Crippen molar-refractivity contribution in [3.05, 3.63) is 42.1 Å². The van der Waals surface area contributed by atoms with E-state index in [2.05, 4.69) is 58.0 Å². The number of benzene rings is 1. The van der Waals surface area contributed by atoms with Gasteiger partial charge in [0.25, 0.3) is 0 Å². The summed E-state index contributed by atoms with van der Waals surface area (Å²) < 4.78 is 6.11. The van der Waals surface area contributed by atoms with Crippen LogP contribution in [0.1, 0.15) is 5.56 Å². The molecule has 2 saturated heterocycles. The van der Waals surface area contributed by atoms with Crippen LogP contribution >= 0.6 is 0 Å². The smallest absolute Gasteiger partial charge is 0.226 e. The first-order valence-electron chi connectivity index (χ1n) is 9.88. The zero-order valence-electron chi connectivity index (χ0n) is 17.2. The number of aromatic nitrogens is 2. The van der Waals surface area contributed by atoms with Gasteiger partial charge >= 0.3 is 0 Å². The van der Waals surface area contributed by atoms with E-state index in [4.69, 9.17) is 9.72 Å². The van der Waals surface area contributed by atoms with Crippen molar-refractivity contribution >= 4 is 17.5 Å². The zero-order valence-corrected chi connectivity index (χ0v) is 17.2. The number of rotatable bonds is 5. The number of ether oxygens (including phenoxy) is 1. The fourth-order valence-corrected chi connectivity index (χ4v) is 4.05. The number of fused-ring (bicyclic) bond motifs is 1. The fraction of sp³-hybridized carbons (Fsp3) is 0.524. The van der Waals surface area contributed by atoms with Crippen molar-refractivity contribution in [2.45, 2.75) is 18.7 Å². The molecule has 7 heteroatoms. The molecule has 1 aromatic heterocycles. The third kappa shape index (κ3) is 3.91. The molecule has 0 saturated carbocycles. The average molecular weight is 383 g/mol. The van der Waals surface area contributed by atoms with Crippen molar-refractivity contribution in [2.75, 3.05) is 69.1 Å². The Morgan fingerprint density at radius 2 is 1.82 bits per heavy atom. The second-order valence-electron chi connectivity index (χ2n) is 8.03. The number of nitrogens with zero attached hydrogens (tertiary/aromatic N) is 6. The minimum atomic E-state index is 0.229. The molecule has 0 spiro atoms. The summed E-state index contributed by atoms with van der Waals surface area (Å²) in [6.45, 7) is 4.51. The minimum absolute atomic E-state index is 0.229. The van der Waals surface area contributed by atoms with E-state index in [0.717, 1.165) is 44.6 Å². The van der Waals surface area contributed by atoms with Gasteiger partial charge in [0.15, 0.2) is 0 Å². The Hall–Kier alpha value is -2.38. The molecular weight excluding hydrogens is 352 g/mol. The molecule has 0 N–H and O–H groups in total. The molecule has 0 aliphatic carbocycles. The number of anilines is 3. The van der Waals surface area contributed by atoms with Gasteiger partial charge in [0.05, 0.1) is 18.8 Å². The van der Waals surface area contributed by atoms with Crippen LogP contribution in [-0.2, 0) is 11.3 Å². The second kappa shape index (κ2) is 7.93.